The van der Waals surface area contributed by atoms with E-state index in [0.717, 1.165) is 11.3 Å². The Morgan fingerprint density at radius 3 is 2.44 bits per heavy atom. The summed E-state index contributed by atoms with van der Waals surface area (Å²) in [5.74, 6) is -1.13. The van der Waals surface area contributed by atoms with Crippen molar-refractivity contribution in [3.05, 3.63) is 16.1 Å². The first kappa shape index (κ1) is 15.0. The van der Waals surface area contributed by atoms with Crippen molar-refractivity contribution in [1.29, 1.82) is 0 Å². The van der Waals surface area contributed by atoms with Crippen LogP contribution in [0.15, 0.2) is 5.38 Å². The van der Waals surface area contributed by atoms with Crippen LogP contribution in [-0.2, 0) is 10.2 Å². The Kier molecular flexibility index (Phi) is 4.79. The summed E-state index contributed by atoms with van der Waals surface area (Å²) in [6.45, 7) is 5.01. The van der Waals surface area contributed by atoms with Crippen LogP contribution in [0, 0.1) is 0 Å². The van der Waals surface area contributed by atoms with Gasteiger partial charge in [-0.05, 0) is 20.8 Å². The van der Waals surface area contributed by atoms with Gasteiger partial charge in [-0.1, -0.05) is 0 Å². The molecule has 0 aliphatic rings. The van der Waals surface area contributed by atoms with Crippen LogP contribution >= 0.6 is 11.3 Å². The summed E-state index contributed by atoms with van der Waals surface area (Å²) in [5, 5.41) is 10.5. The number of carboxylic acids is 1. The Hall–Kier alpha value is -1.03. The standard InChI is InChI=1S/C9H15N3O4S2/c1-5(2)11-18(15,16)12-6(3)8-10-7(4-17-8)9(13)14/h4-6,11-12H,1-3H3,(H,13,14). The Morgan fingerprint density at radius 2 is 2.00 bits per heavy atom. The predicted molar refractivity (Wildman–Crippen MR) is 67.8 cm³/mol. The topological polar surface area (TPSA) is 108 Å². The number of carbonyl (C=O) groups is 1. The molecule has 102 valence electrons. The number of nitrogens with zero attached hydrogens (tertiary/aromatic N) is 1. The van der Waals surface area contributed by atoms with Gasteiger partial charge in [-0.3, -0.25) is 0 Å². The van der Waals surface area contributed by atoms with Crippen molar-refractivity contribution in [3.63, 3.8) is 0 Å². The lowest BCUT2D eigenvalue weighted by molar-refractivity contribution is 0.0691. The van der Waals surface area contributed by atoms with Gasteiger partial charge in [0.25, 0.3) is 10.2 Å². The van der Waals surface area contributed by atoms with Crippen LogP contribution < -0.4 is 9.44 Å². The van der Waals surface area contributed by atoms with Gasteiger partial charge < -0.3 is 5.11 Å². The maximum atomic E-state index is 11.6. The van der Waals surface area contributed by atoms with Crippen molar-refractivity contribution in [2.45, 2.75) is 32.9 Å². The molecular weight excluding hydrogens is 278 g/mol. The van der Waals surface area contributed by atoms with Gasteiger partial charge in [-0.2, -0.15) is 17.9 Å². The van der Waals surface area contributed by atoms with Gasteiger partial charge in [0.05, 0.1) is 6.04 Å². The zero-order chi connectivity index (χ0) is 13.9. The van der Waals surface area contributed by atoms with E-state index in [4.69, 9.17) is 5.11 Å². The highest BCUT2D eigenvalue weighted by atomic mass is 32.2. The van der Waals surface area contributed by atoms with E-state index in [9.17, 15) is 13.2 Å². The lowest BCUT2D eigenvalue weighted by Gasteiger charge is -2.14. The molecule has 18 heavy (non-hydrogen) atoms. The third kappa shape index (κ3) is 4.33. The summed E-state index contributed by atoms with van der Waals surface area (Å²) >= 11 is 1.10. The van der Waals surface area contributed by atoms with Crippen molar-refractivity contribution < 1.29 is 18.3 Å². The van der Waals surface area contributed by atoms with Gasteiger partial charge in [0.15, 0.2) is 5.69 Å². The van der Waals surface area contributed by atoms with Gasteiger partial charge >= 0.3 is 5.97 Å². The van der Waals surface area contributed by atoms with Crippen LogP contribution in [0.5, 0.6) is 0 Å². The molecule has 1 heterocycles. The van der Waals surface area contributed by atoms with Crippen molar-refractivity contribution in [2.75, 3.05) is 0 Å². The number of hydrogen-bond acceptors (Lipinski definition) is 5. The molecule has 0 bridgehead atoms. The van der Waals surface area contributed by atoms with E-state index in [1.165, 1.54) is 5.38 Å². The molecule has 1 unspecified atom stereocenters. The molecule has 3 N–H and O–H groups in total. The first-order chi connectivity index (χ1) is 8.21. The molecule has 0 aromatic carbocycles. The molecular formula is C9H15N3O4S2. The van der Waals surface area contributed by atoms with E-state index in [1.54, 1.807) is 20.8 Å². The number of hydrogen-bond donors (Lipinski definition) is 3. The summed E-state index contributed by atoms with van der Waals surface area (Å²) in [7, 11) is -3.62. The van der Waals surface area contributed by atoms with Gasteiger partial charge in [0.2, 0.25) is 0 Å². The van der Waals surface area contributed by atoms with Crippen molar-refractivity contribution in [1.82, 2.24) is 14.4 Å². The van der Waals surface area contributed by atoms with E-state index in [0.29, 0.717) is 5.01 Å². The smallest absolute Gasteiger partial charge is 0.355 e. The van der Waals surface area contributed by atoms with Crippen LogP contribution in [0.2, 0.25) is 0 Å². The van der Waals surface area contributed by atoms with Gasteiger partial charge in [0.1, 0.15) is 5.01 Å². The third-order valence-electron chi connectivity index (χ3n) is 1.83. The number of rotatable bonds is 6. The Bertz CT molecular complexity index is 524. The molecule has 1 atom stereocenters. The van der Waals surface area contributed by atoms with Crippen molar-refractivity contribution in [3.8, 4) is 0 Å². The molecule has 1 aromatic rings. The average molecular weight is 293 g/mol. The van der Waals surface area contributed by atoms with Gasteiger partial charge in [0, 0.05) is 11.4 Å². The second-order valence-electron chi connectivity index (χ2n) is 3.99. The minimum atomic E-state index is -3.62. The fraction of sp³-hybridized carbons (Fsp3) is 0.556. The lowest BCUT2D eigenvalue weighted by Crippen LogP contribution is -2.41. The van der Waals surface area contributed by atoms with E-state index in [-0.39, 0.29) is 11.7 Å². The van der Waals surface area contributed by atoms with Crippen LogP contribution in [-0.4, -0.2) is 30.5 Å². The molecule has 0 aliphatic carbocycles. The number of carboxylic acid groups (broad SMARTS) is 1. The highest BCUT2D eigenvalue weighted by molar-refractivity contribution is 7.87. The zero-order valence-electron chi connectivity index (χ0n) is 10.2. The van der Waals surface area contributed by atoms with E-state index in [1.807, 2.05) is 0 Å². The zero-order valence-corrected chi connectivity index (χ0v) is 11.8. The molecule has 0 amide bonds. The van der Waals surface area contributed by atoms with Gasteiger partial charge in [-0.15, -0.1) is 11.3 Å². The van der Waals surface area contributed by atoms with E-state index in [2.05, 4.69) is 14.4 Å². The summed E-state index contributed by atoms with van der Waals surface area (Å²) in [4.78, 5) is 14.5. The number of nitrogens with one attached hydrogen (secondary N) is 2. The molecule has 0 spiro atoms. The van der Waals surface area contributed by atoms with E-state index >= 15 is 0 Å². The second kappa shape index (κ2) is 5.74. The summed E-state index contributed by atoms with van der Waals surface area (Å²) in [5.41, 5.74) is -0.0853. The van der Waals surface area contributed by atoms with Crippen molar-refractivity contribution in [2.24, 2.45) is 0 Å². The molecule has 1 rings (SSSR count). The summed E-state index contributed by atoms with van der Waals surface area (Å²) < 4.78 is 28.0. The third-order valence-corrected chi connectivity index (χ3v) is 4.31. The van der Waals surface area contributed by atoms with Crippen molar-refractivity contribution >= 4 is 27.5 Å². The molecule has 1 aromatic heterocycles. The first-order valence-corrected chi connectivity index (χ1v) is 7.56. The minimum absolute atomic E-state index is 0.0853. The lowest BCUT2D eigenvalue weighted by atomic mass is 10.4. The molecule has 0 aliphatic heterocycles. The molecule has 0 saturated carbocycles. The van der Waals surface area contributed by atoms with Crippen LogP contribution in [0.25, 0.3) is 0 Å². The summed E-state index contributed by atoms with van der Waals surface area (Å²) in [6, 6.07) is -0.806. The highest BCUT2D eigenvalue weighted by Gasteiger charge is 2.19. The fourth-order valence-corrected chi connectivity index (χ4v) is 3.35. The van der Waals surface area contributed by atoms with Crippen LogP contribution in [0.3, 0.4) is 0 Å². The number of aromatic carboxylic acids is 1. The number of thiazole rings is 1. The Labute approximate surface area is 109 Å². The first-order valence-electron chi connectivity index (χ1n) is 5.19. The minimum Gasteiger partial charge on any atom is -0.476 e. The molecule has 9 heteroatoms. The van der Waals surface area contributed by atoms with Gasteiger partial charge in [-0.25, -0.2) is 9.78 Å². The molecule has 0 fully saturated rings. The number of aromatic nitrogens is 1. The largest absolute Gasteiger partial charge is 0.476 e. The maximum absolute atomic E-state index is 11.6. The van der Waals surface area contributed by atoms with Crippen LogP contribution in [0.4, 0.5) is 0 Å². The summed E-state index contributed by atoms with van der Waals surface area (Å²) in [6.07, 6.45) is 0. The normalized spacial score (nSPS) is 13.8. The predicted octanol–water partition coefficient (Wildman–Crippen LogP) is 0.735. The quantitative estimate of drug-likeness (QED) is 0.716. The Balaban J connectivity index is 2.76. The highest BCUT2D eigenvalue weighted by Crippen LogP contribution is 2.18. The Morgan fingerprint density at radius 1 is 1.39 bits per heavy atom. The fourth-order valence-electron chi connectivity index (χ4n) is 1.21. The van der Waals surface area contributed by atoms with E-state index < -0.39 is 22.2 Å². The maximum Gasteiger partial charge on any atom is 0.355 e. The average Bonchev–Trinajstić information content (AvgIpc) is 2.62. The molecule has 0 saturated heterocycles. The monoisotopic (exact) mass is 293 g/mol. The SMILES string of the molecule is CC(C)NS(=O)(=O)NC(C)c1nc(C(=O)O)cs1. The molecule has 0 radical (unpaired) electrons. The second-order valence-corrected chi connectivity index (χ2v) is 6.36. The molecule has 7 nitrogen and oxygen atoms in total. The van der Waals surface area contributed by atoms with Crippen LogP contribution in [0.1, 0.15) is 42.3 Å².